The summed E-state index contributed by atoms with van der Waals surface area (Å²) in [5.74, 6) is 2.85. The van der Waals surface area contributed by atoms with Gasteiger partial charge in [0.2, 0.25) is 11.8 Å². The zero-order valence-corrected chi connectivity index (χ0v) is 15.4. The number of aryl methyl sites for hydroxylation is 1. The van der Waals surface area contributed by atoms with E-state index in [1.165, 1.54) is 0 Å². The Morgan fingerprint density at radius 2 is 1.92 bits per heavy atom. The van der Waals surface area contributed by atoms with Crippen molar-refractivity contribution in [1.29, 1.82) is 0 Å². The topological polar surface area (TPSA) is 65.2 Å². The molecule has 1 aromatic heterocycles. The molecule has 0 aliphatic heterocycles. The molecule has 2 fully saturated rings. The van der Waals surface area contributed by atoms with Crippen molar-refractivity contribution < 1.29 is 9.53 Å². The molecule has 0 bridgehead atoms. The van der Waals surface area contributed by atoms with Crippen LogP contribution in [0.15, 0.2) is 42.5 Å². The van der Waals surface area contributed by atoms with Gasteiger partial charge in [-0.1, -0.05) is 31.2 Å². The minimum Gasteiger partial charge on any atom is -0.474 e. The third-order valence-electron chi connectivity index (χ3n) is 6.15. The number of nitrogens with zero attached hydrogens (tertiary/aromatic N) is 1. The number of pyridine rings is 1. The number of ether oxygens (including phenoxy) is 1. The first-order chi connectivity index (χ1) is 12.6. The normalized spacial score (nSPS) is 25.5. The van der Waals surface area contributed by atoms with Crippen LogP contribution in [0.25, 0.3) is 0 Å². The van der Waals surface area contributed by atoms with Crippen LogP contribution in [0.4, 0.5) is 0 Å². The molecule has 26 heavy (non-hydrogen) atoms. The van der Waals surface area contributed by atoms with Gasteiger partial charge >= 0.3 is 0 Å². The van der Waals surface area contributed by atoms with E-state index in [4.69, 9.17) is 10.5 Å². The summed E-state index contributed by atoms with van der Waals surface area (Å²) in [6.07, 6.45) is 3.47. The fourth-order valence-corrected chi connectivity index (χ4v) is 5.03. The highest BCUT2D eigenvalue weighted by Crippen LogP contribution is 2.64. The van der Waals surface area contributed by atoms with Crippen molar-refractivity contribution in [3.63, 3.8) is 0 Å². The molecule has 4 rings (SSSR count). The van der Waals surface area contributed by atoms with Crippen molar-refractivity contribution in [3.8, 4) is 5.88 Å². The van der Waals surface area contributed by atoms with Crippen molar-refractivity contribution in [2.45, 2.75) is 45.1 Å². The summed E-state index contributed by atoms with van der Waals surface area (Å²) >= 11 is 0. The van der Waals surface area contributed by atoms with Crippen LogP contribution < -0.4 is 10.5 Å². The van der Waals surface area contributed by atoms with Gasteiger partial charge in [0.05, 0.1) is 0 Å². The molecule has 0 saturated heterocycles. The SMILES string of the molecule is CC[C@H](c1ccccc1C(N)=O)C1[C@H]2CC(Oc3cccc(C)n3)C[C@H]12. The first-order valence-electron chi connectivity index (χ1n) is 9.57. The van der Waals surface area contributed by atoms with Gasteiger partial charge < -0.3 is 10.5 Å². The summed E-state index contributed by atoms with van der Waals surface area (Å²) < 4.78 is 6.10. The molecule has 1 heterocycles. The number of nitrogens with two attached hydrogens (primary N) is 1. The number of aromatic nitrogens is 1. The highest BCUT2D eigenvalue weighted by molar-refractivity contribution is 5.94. The number of amides is 1. The predicted molar refractivity (Wildman–Crippen MR) is 101 cm³/mol. The summed E-state index contributed by atoms with van der Waals surface area (Å²) in [5, 5.41) is 0. The Hall–Kier alpha value is -2.36. The second kappa shape index (κ2) is 6.75. The van der Waals surface area contributed by atoms with Crippen LogP contribution in [0, 0.1) is 24.7 Å². The summed E-state index contributed by atoms with van der Waals surface area (Å²) in [6.45, 7) is 4.19. The molecule has 3 atom stereocenters. The Morgan fingerprint density at radius 3 is 2.58 bits per heavy atom. The maximum absolute atomic E-state index is 11.8. The van der Waals surface area contributed by atoms with Gasteiger partial charge in [-0.3, -0.25) is 4.79 Å². The lowest BCUT2D eigenvalue weighted by atomic mass is 9.84. The summed E-state index contributed by atoms with van der Waals surface area (Å²) in [4.78, 5) is 16.3. The molecule has 0 radical (unpaired) electrons. The largest absolute Gasteiger partial charge is 0.474 e. The molecule has 2 aliphatic rings. The van der Waals surface area contributed by atoms with Crippen LogP contribution in [-0.4, -0.2) is 17.0 Å². The lowest BCUT2D eigenvalue weighted by Gasteiger charge is -2.22. The number of benzene rings is 1. The number of primary amides is 1. The Bertz CT molecular complexity index is 807. The Morgan fingerprint density at radius 1 is 1.19 bits per heavy atom. The fourth-order valence-electron chi connectivity index (χ4n) is 5.03. The van der Waals surface area contributed by atoms with E-state index in [9.17, 15) is 4.79 Å². The number of carbonyl (C=O) groups excluding carboxylic acids is 1. The van der Waals surface area contributed by atoms with Gasteiger partial charge in [-0.05, 0) is 67.6 Å². The molecule has 0 spiro atoms. The van der Waals surface area contributed by atoms with Crippen LogP contribution in [0.2, 0.25) is 0 Å². The van der Waals surface area contributed by atoms with Crippen LogP contribution in [-0.2, 0) is 0 Å². The van der Waals surface area contributed by atoms with Gasteiger partial charge in [0.15, 0.2) is 0 Å². The second-order valence-electron chi connectivity index (χ2n) is 7.70. The third kappa shape index (κ3) is 3.09. The van der Waals surface area contributed by atoms with E-state index in [1.54, 1.807) is 0 Å². The standard InChI is InChI=1S/C22H26N2O2/c1-3-15(16-8-4-5-9-17(16)22(23)25)21-18-11-14(12-19(18)21)26-20-10-6-7-13(2)24-20/h4-10,14-15,18-19,21H,3,11-12H2,1-2H3,(H2,23,25)/t14?,15-,18+,19+,21?/m1/s1. The van der Waals surface area contributed by atoms with Gasteiger partial charge in [0.1, 0.15) is 6.10 Å². The first-order valence-corrected chi connectivity index (χ1v) is 9.57. The molecule has 2 N–H and O–H groups in total. The highest BCUT2D eigenvalue weighted by Gasteiger charge is 2.59. The highest BCUT2D eigenvalue weighted by atomic mass is 16.5. The third-order valence-corrected chi connectivity index (χ3v) is 6.15. The molecule has 2 saturated carbocycles. The molecular weight excluding hydrogens is 324 g/mol. The molecule has 0 unspecified atom stereocenters. The first kappa shape index (κ1) is 17.1. The van der Waals surface area contributed by atoms with Crippen LogP contribution in [0.3, 0.4) is 0 Å². The Labute approximate surface area is 154 Å². The van der Waals surface area contributed by atoms with Crippen LogP contribution in [0.1, 0.15) is 53.7 Å². The summed E-state index contributed by atoms with van der Waals surface area (Å²) in [6, 6.07) is 13.7. The maximum atomic E-state index is 11.8. The van der Waals surface area contributed by atoms with E-state index in [1.807, 2.05) is 43.3 Å². The zero-order valence-electron chi connectivity index (χ0n) is 15.4. The minimum atomic E-state index is -0.323. The van der Waals surface area contributed by atoms with E-state index in [0.29, 0.717) is 29.2 Å². The smallest absolute Gasteiger partial charge is 0.248 e. The Balaban J connectivity index is 1.44. The molecule has 1 aromatic carbocycles. The van der Waals surface area contributed by atoms with Crippen molar-refractivity contribution in [1.82, 2.24) is 4.98 Å². The molecular formula is C22H26N2O2. The summed E-state index contributed by atoms with van der Waals surface area (Å²) in [7, 11) is 0. The van der Waals surface area contributed by atoms with E-state index < -0.39 is 0 Å². The molecule has 2 aliphatic carbocycles. The molecule has 1 amide bonds. The van der Waals surface area contributed by atoms with Crippen molar-refractivity contribution in [2.75, 3.05) is 0 Å². The molecule has 2 aromatic rings. The van der Waals surface area contributed by atoms with E-state index in [0.717, 1.165) is 36.4 Å². The number of carbonyl (C=O) groups is 1. The van der Waals surface area contributed by atoms with Crippen LogP contribution in [0.5, 0.6) is 5.88 Å². The predicted octanol–water partition coefficient (Wildman–Crippen LogP) is 4.09. The minimum absolute atomic E-state index is 0.263. The quantitative estimate of drug-likeness (QED) is 0.853. The van der Waals surface area contributed by atoms with E-state index in [-0.39, 0.29) is 12.0 Å². The van der Waals surface area contributed by atoms with Gasteiger partial charge in [-0.15, -0.1) is 0 Å². The average Bonchev–Trinajstić information content (AvgIpc) is 3.10. The van der Waals surface area contributed by atoms with Gasteiger partial charge in [-0.2, -0.15) is 0 Å². The number of hydrogen-bond acceptors (Lipinski definition) is 3. The average molecular weight is 350 g/mol. The molecule has 4 nitrogen and oxygen atoms in total. The fraction of sp³-hybridized carbons (Fsp3) is 0.455. The Kier molecular flexibility index (Phi) is 4.43. The number of hydrogen-bond donors (Lipinski definition) is 1. The van der Waals surface area contributed by atoms with Gasteiger partial charge in [0, 0.05) is 17.3 Å². The van der Waals surface area contributed by atoms with Crippen molar-refractivity contribution >= 4 is 5.91 Å². The maximum Gasteiger partial charge on any atom is 0.248 e. The van der Waals surface area contributed by atoms with Gasteiger partial charge in [-0.25, -0.2) is 4.98 Å². The molecule has 136 valence electrons. The monoisotopic (exact) mass is 350 g/mol. The number of rotatable bonds is 6. The van der Waals surface area contributed by atoms with Gasteiger partial charge in [0.25, 0.3) is 0 Å². The van der Waals surface area contributed by atoms with E-state index in [2.05, 4.69) is 18.0 Å². The van der Waals surface area contributed by atoms with Crippen LogP contribution >= 0.6 is 0 Å². The second-order valence-corrected chi connectivity index (χ2v) is 7.70. The molecule has 4 heteroatoms. The summed E-state index contributed by atoms with van der Waals surface area (Å²) in [5.41, 5.74) is 8.39. The number of fused-ring (bicyclic) bond motifs is 1. The van der Waals surface area contributed by atoms with Crippen molar-refractivity contribution in [2.24, 2.45) is 23.5 Å². The lowest BCUT2D eigenvalue weighted by molar-refractivity contribution is 0.0998. The lowest BCUT2D eigenvalue weighted by Crippen LogP contribution is -2.20. The van der Waals surface area contributed by atoms with Crippen molar-refractivity contribution in [3.05, 3.63) is 59.3 Å². The van der Waals surface area contributed by atoms with E-state index >= 15 is 0 Å². The zero-order chi connectivity index (χ0) is 18.3.